The van der Waals surface area contributed by atoms with Crippen LogP contribution in [0.5, 0.6) is 0 Å². The highest BCUT2D eigenvalue weighted by Gasteiger charge is 2.16. The van der Waals surface area contributed by atoms with Crippen LogP contribution >= 0.6 is 0 Å². The van der Waals surface area contributed by atoms with E-state index in [9.17, 15) is 13.6 Å². The fourth-order valence-electron chi connectivity index (χ4n) is 2.22. The van der Waals surface area contributed by atoms with Gasteiger partial charge in [0.1, 0.15) is 17.5 Å². The molecule has 1 heterocycles. The highest BCUT2D eigenvalue weighted by molar-refractivity contribution is 6.06. The lowest BCUT2D eigenvalue weighted by Gasteiger charge is -2.10. The second kappa shape index (κ2) is 6.00. The van der Waals surface area contributed by atoms with E-state index >= 15 is 0 Å². The molecule has 0 bridgehead atoms. The van der Waals surface area contributed by atoms with E-state index in [1.807, 2.05) is 0 Å². The summed E-state index contributed by atoms with van der Waals surface area (Å²) >= 11 is 0. The lowest BCUT2D eigenvalue weighted by molar-refractivity contribution is 0.102. The Labute approximate surface area is 131 Å². The molecule has 3 rings (SSSR count). The van der Waals surface area contributed by atoms with Gasteiger partial charge in [0.25, 0.3) is 5.91 Å². The lowest BCUT2D eigenvalue weighted by atomic mass is 10.1. The standard InChI is InChI=1S/C17H13F2N3O/c1-10-8-14(19)12(9-13(10)18)17(23)22-15-5-3-2-4-11(15)16-20-6-7-21-16/h2-9H,1H3,(H,20,21)(H,22,23). The van der Waals surface area contributed by atoms with Gasteiger partial charge in [-0.15, -0.1) is 0 Å². The summed E-state index contributed by atoms with van der Waals surface area (Å²) in [5, 5.41) is 2.60. The van der Waals surface area contributed by atoms with Gasteiger partial charge in [-0.25, -0.2) is 13.8 Å². The third kappa shape index (κ3) is 2.96. The van der Waals surface area contributed by atoms with Crippen LogP contribution in [0.2, 0.25) is 0 Å². The van der Waals surface area contributed by atoms with Gasteiger partial charge in [0.15, 0.2) is 0 Å². The second-order valence-corrected chi connectivity index (χ2v) is 5.02. The number of aryl methyl sites for hydroxylation is 1. The number of benzene rings is 2. The van der Waals surface area contributed by atoms with Crippen LogP contribution in [-0.4, -0.2) is 15.9 Å². The molecule has 0 aliphatic rings. The van der Waals surface area contributed by atoms with Crippen LogP contribution < -0.4 is 5.32 Å². The maximum absolute atomic E-state index is 13.9. The van der Waals surface area contributed by atoms with Crippen molar-refractivity contribution < 1.29 is 13.6 Å². The minimum absolute atomic E-state index is 0.148. The molecule has 0 spiro atoms. The third-order valence-electron chi connectivity index (χ3n) is 3.42. The highest BCUT2D eigenvalue weighted by atomic mass is 19.1. The van der Waals surface area contributed by atoms with E-state index in [4.69, 9.17) is 0 Å². The van der Waals surface area contributed by atoms with Crippen LogP contribution in [0.15, 0.2) is 48.8 Å². The van der Waals surface area contributed by atoms with Crippen molar-refractivity contribution in [3.8, 4) is 11.4 Å². The molecule has 0 saturated carbocycles. The summed E-state index contributed by atoms with van der Waals surface area (Å²) in [6.07, 6.45) is 3.24. The van der Waals surface area contributed by atoms with E-state index in [0.717, 1.165) is 12.1 Å². The summed E-state index contributed by atoms with van der Waals surface area (Å²) in [5.74, 6) is -1.55. The Morgan fingerprint density at radius 1 is 1.17 bits per heavy atom. The molecular formula is C17H13F2N3O. The molecule has 0 aliphatic heterocycles. The first-order valence-corrected chi connectivity index (χ1v) is 6.92. The van der Waals surface area contributed by atoms with Crippen molar-refractivity contribution in [2.75, 3.05) is 5.32 Å². The van der Waals surface area contributed by atoms with Crippen LogP contribution in [-0.2, 0) is 0 Å². The normalized spacial score (nSPS) is 10.6. The van der Waals surface area contributed by atoms with Gasteiger partial charge in [0, 0.05) is 18.0 Å². The first kappa shape index (κ1) is 14.9. The number of aromatic nitrogens is 2. The van der Waals surface area contributed by atoms with Crippen molar-refractivity contribution in [1.29, 1.82) is 0 Å². The molecule has 0 unspecified atom stereocenters. The average Bonchev–Trinajstić information content (AvgIpc) is 3.05. The molecule has 0 saturated heterocycles. The number of amides is 1. The van der Waals surface area contributed by atoms with Gasteiger partial charge in [-0.05, 0) is 36.8 Å². The zero-order valence-electron chi connectivity index (χ0n) is 12.2. The largest absolute Gasteiger partial charge is 0.345 e. The molecule has 2 N–H and O–H groups in total. The number of para-hydroxylation sites is 1. The van der Waals surface area contributed by atoms with E-state index in [2.05, 4.69) is 15.3 Å². The molecule has 2 aromatic carbocycles. The number of nitrogens with zero attached hydrogens (tertiary/aromatic N) is 1. The Hall–Kier alpha value is -3.02. The van der Waals surface area contributed by atoms with Gasteiger partial charge >= 0.3 is 0 Å². The van der Waals surface area contributed by atoms with Crippen molar-refractivity contribution in [3.05, 3.63) is 71.6 Å². The quantitative estimate of drug-likeness (QED) is 0.770. The third-order valence-corrected chi connectivity index (χ3v) is 3.42. The van der Waals surface area contributed by atoms with Crippen LogP contribution in [0.1, 0.15) is 15.9 Å². The van der Waals surface area contributed by atoms with Gasteiger partial charge in [0.2, 0.25) is 0 Å². The maximum atomic E-state index is 13.9. The van der Waals surface area contributed by atoms with Gasteiger partial charge in [0.05, 0.1) is 11.3 Å². The van der Waals surface area contributed by atoms with Crippen LogP contribution in [0.4, 0.5) is 14.5 Å². The Balaban J connectivity index is 1.94. The number of hydrogen-bond acceptors (Lipinski definition) is 2. The fraction of sp³-hybridized carbons (Fsp3) is 0.0588. The number of imidazole rings is 1. The topological polar surface area (TPSA) is 57.8 Å². The Bertz CT molecular complexity index is 860. The molecular weight excluding hydrogens is 300 g/mol. The molecule has 1 aromatic heterocycles. The number of nitrogens with one attached hydrogen (secondary N) is 2. The summed E-state index contributed by atoms with van der Waals surface area (Å²) in [5.41, 5.74) is 0.907. The fourth-order valence-corrected chi connectivity index (χ4v) is 2.22. The number of rotatable bonds is 3. The summed E-state index contributed by atoms with van der Waals surface area (Å²) in [6, 6.07) is 8.85. The van der Waals surface area contributed by atoms with Crippen LogP contribution in [0.25, 0.3) is 11.4 Å². The first-order chi connectivity index (χ1) is 11.1. The summed E-state index contributed by atoms with van der Waals surface area (Å²) in [7, 11) is 0. The highest BCUT2D eigenvalue weighted by Crippen LogP contribution is 2.25. The predicted molar refractivity (Wildman–Crippen MR) is 83.1 cm³/mol. The number of aromatic amines is 1. The summed E-state index contributed by atoms with van der Waals surface area (Å²) < 4.78 is 27.5. The number of carbonyl (C=O) groups is 1. The monoisotopic (exact) mass is 313 g/mol. The minimum atomic E-state index is -0.767. The Morgan fingerprint density at radius 3 is 2.70 bits per heavy atom. The van der Waals surface area contributed by atoms with E-state index < -0.39 is 17.5 Å². The maximum Gasteiger partial charge on any atom is 0.258 e. The molecule has 0 fully saturated rings. The molecule has 23 heavy (non-hydrogen) atoms. The lowest BCUT2D eigenvalue weighted by Crippen LogP contribution is -2.15. The molecule has 0 atom stereocenters. The minimum Gasteiger partial charge on any atom is -0.345 e. The van der Waals surface area contributed by atoms with Gasteiger partial charge in [-0.2, -0.15) is 0 Å². The second-order valence-electron chi connectivity index (χ2n) is 5.02. The van der Waals surface area contributed by atoms with Crippen molar-refractivity contribution >= 4 is 11.6 Å². The Morgan fingerprint density at radius 2 is 1.96 bits per heavy atom. The zero-order valence-corrected chi connectivity index (χ0v) is 12.2. The van der Waals surface area contributed by atoms with Crippen molar-refractivity contribution in [2.45, 2.75) is 6.92 Å². The van der Waals surface area contributed by atoms with Gasteiger partial charge < -0.3 is 10.3 Å². The number of halogens is 2. The summed E-state index contributed by atoms with van der Waals surface area (Å²) in [6.45, 7) is 1.44. The number of H-pyrrole nitrogens is 1. The smallest absolute Gasteiger partial charge is 0.258 e. The molecule has 6 heteroatoms. The molecule has 0 aliphatic carbocycles. The summed E-state index contributed by atoms with van der Waals surface area (Å²) in [4.78, 5) is 19.3. The van der Waals surface area contributed by atoms with E-state index in [1.165, 1.54) is 6.92 Å². The molecule has 4 nitrogen and oxygen atoms in total. The zero-order chi connectivity index (χ0) is 16.4. The van der Waals surface area contributed by atoms with Gasteiger partial charge in [-0.3, -0.25) is 4.79 Å². The average molecular weight is 313 g/mol. The van der Waals surface area contributed by atoms with Crippen molar-refractivity contribution in [3.63, 3.8) is 0 Å². The van der Waals surface area contributed by atoms with E-state index in [1.54, 1.807) is 36.7 Å². The Kier molecular flexibility index (Phi) is 3.89. The van der Waals surface area contributed by atoms with Crippen LogP contribution in [0.3, 0.4) is 0 Å². The SMILES string of the molecule is Cc1cc(F)c(C(=O)Nc2ccccc2-c2ncc[nH]2)cc1F. The predicted octanol–water partition coefficient (Wildman–Crippen LogP) is 3.92. The molecule has 1 amide bonds. The van der Waals surface area contributed by atoms with Crippen molar-refractivity contribution in [2.24, 2.45) is 0 Å². The number of anilines is 1. The van der Waals surface area contributed by atoms with E-state index in [0.29, 0.717) is 17.1 Å². The molecule has 3 aromatic rings. The number of carbonyl (C=O) groups excluding carboxylic acids is 1. The molecule has 0 radical (unpaired) electrons. The number of hydrogen-bond donors (Lipinski definition) is 2. The first-order valence-electron chi connectivity index (χ1n) is 6.92. The van der Waals surface area contributed by atoms with E-state index in [-0.39, 0.29) is 11.1 Å². The van der Waals surface area contributed by atoms with Gasteiger partial charge in [-0.1, -0.05) is 12.1 Å². The molecule has 116 valence electrons. The van der Waals surface area contributed by atoms with Crippen molar-refractivity contribution in [1.82, 2.24) is 9.97 Å². The van der Waals surface area contributed by atoms with Crippen LogP contribution in [0, 0.1) is 18.6 Å².